The molecule has 1 unspecified atom stereocenters. The lowest BCUT2D eigenvalue weighted by molar-refractivity contribution is 0.322. The van der Waals surface area contributed by atoms with Crippen molar-refractivity contribution in [3.05, 3.63) is 33.3 Å². The van der Waals surface area contributed by atoms with Crippen LogP contribution >= 0.6 is 39.9 Å². The van der Waals surface area contributed by atoms with E-state index in [1.807, 2.05) is 19.2 Å². The fourth-order valence-electron chi connectivity index (χ4n) is 2.11. The van der Waals surface area contributed by atoms with Crippen LogP contribution in [0.15, 0.2) is 22.7 Å². The van der Waals surface area contributed by atoms with Gasteiger partial charge in [-0.3, -0.25) is 4.90 Å². The number of likely N-dealkylation sites (tertiary alicyclic amines) is 1. The van der Waals surface area contributed by atoms with Crippen LogP contribution in [0.4, 0.5) is 0 Å². The molecular weight excluding hydrogens is 323 g/mol. The first-order chi connectivity index (χ1) is 7.69. The van der Waals surface area contributed by atoms with Gasteiger partial charge >= 0.3 is 0 Å². The Morgan fingerprint density at radius 2 is 2.29 bits per heavy atom. The van der Waals surface area contributed by atoms with E-state index >= 15 is 0 Å². The van der Waals surface area contributed by atoms with E-state index in [2.05, 4.69) is 32.2 Å². The third-order valence-electron chi connectivity index (χ3n) is 3.07. The third kappa shape index (κ3) is 4.11. The van der Waals surface area contributed by atoms with E-state index in [-0.39, 0.29) is 12.4 Å². The summed E-state index contributed by atoms with van der Waals surface area (Å²) in [4.78, 5) is 2.46. The second-order valence-electron chi connectivity index (χ2n) is 4.26. The van der Waals surface area contributed by atoms with Crippen LogP contribution in [0.2, 0.25) is 5.02 Å². The van der Waals surface area contributed by atoms with Gasteiger partial charge in [-0.1, -0.05) is 17.7 Å². The minimum Gasteiger partial charge on any atom is -0.316 e. The van der Waals surface area contributed by atoms with Gasteiger partial charge in [0.1, 0.15) is 0 Å². The maximum atomic E-state index is 6.08. The smallest absolute Gasteiger partial charge is 0.0551 e. The molecule has 1 fully saturated rings. The third-order valence-corrected chi connectivity index (χ3v) is 4.30. The summed E-state index contributed by atoms with van der Waals surface area (Å²) in [7, 11) is 2.03. The second kappa shape index (κ2) is 6.95. The van der Waals surface area contributed by atoms with E-state index in [1.165, 1.54) is 18.5 Å². The van der Waals surface area contributed by atoms with Gasteiger partial charge in [0, 0.05) is 30.1 Å². The molecule has 1 N–H and O–H groups in total. The molecular formula is C12H17BrCl2N2. The first kappa shape index (κ1) is 15.3. The van der Waals surface area contributed by atoms with Crippen LogP contribution in [0.5, 0.6) is 0 Å². The van der Waals surface area contributed by atoms with Gasteiger partial charge in [-0.25, -0.2) is 0 Å². The molecule has 1 heterocycles. The molecule has 0 spiro atoms. The van der Waals surface area contributed by atoms with Crippen LogP contribution < -0.4 is 5.32 Å². The average Bonchev–Trinajstić information content (AvgIpc) is 2.71. The molecule has 1 atom stereocenters. The zero-order chi connectivity index (χ0) is 11.5. The van der Waals surface area contributed by atoms with Crippen LogP contribution in [-0.4, -0.2) is 31.1 Å². The Morgan fingerprint density at radius 3 is 2.88 bits per heavy atom. The molecule has 0 saturated carbocycles. The van der Waals surface area contributed by atoms with E-state index in [0.29, 0.717) is 6.04 Å². The molecule has 17 heavy (non-hydrogen) atoms. The first-order valence-corrected chi connectivity index (χ1v) is 6.69. The predicted molar refractivity (Wildman–Crippen MR) is 79.1 cm³/mol. The largest absolute Gasteiger partial charge is 0.316 e. The van der Waals surface area contributed by atoms with Crippen molar-refractivity contribution in [1.82, 2.24) is 10.2 Å². The fraction of sp³-hybridized carbons (Fsp3) is 0.500. The van der Waals surface area contributed by atoms with Crippen molar-refractivity contribution in [3.63, 3.8) is 0 Å². The zero-order valence-electron chi connectivity index (χ0n) is 9.75. The molecule has 1 saturated heterocycles. The van der Waals surface area contributed by atoms with E-state index in [4.69, 9.17) is 11.6 Å². The molecule has 0 bridgehead atoms. The topological polar surface area (TPSA) is 15.3 Å². The number of hydrogen-bond acceptors (Lipinski definition) is 2. The number of benzene rings is 1. The van der Waals surface area contributed by atoms with Gasteiger partial charge in [0.15, 0.2) is 0 Å². The minimum atomic E-state index is 0. The normalized spacial score (nSPS) is 20.3. The Kier molecular flexibility index (Phi) is 6.24. The summed E-state index contributed by atoms with van der Waals surface area (Å²) in [5.74, 6) is 0. The van der Waals surface area contributed by atoms with Crippen molar-refractivity contribution in [2.45, 2.75) is 19.0 Å². The molecule has 96 valence electrons. The van der Waals surface area contributed by atoms with Gasteiger partial charge in [0.25, 0.3) is 0 Å². The van der Waals surface area contributed by atoms with Gasteiger partial charge in [0.2, 0.25) is 0 Å². The maximum Gasteiger partial charge on any atom is 0.0551 e. The molecule has 1 aromatic rings. The van der Waals surface area contributed by atoms with Crippen molar-refractivity contribution >= 4 is 39.9 Å². The van der Waals surface area contributed by atoms with Crippen molar-refractivity contribution < 1.29 is 0 Å². The van der Waals surface area contributed by atoms with Crippen molar-refractivity contribution in [1.29, 1.82) is 0 Å². The van der Waals surface area contributed by atoms with Crippen LogP contribution in [0.3, 0.4) is 0 Å². The van der Waals surface area contributed by atoms with Crippen LogP contribution in [0.1, 0.15) is 12.0 Å². The lowest BCUT2D eigenvalue weighted by atomic mass is 10.2. The molecule has 0 radical (unpaired) electrons. The maximum absolute atomic E-state index is 6.08. The van der Waals surface area contributed by atoms with Gasteiger partial charge in [-0.15, -0.1) is 12.4 Å². The summed E-state index contributed by atoms with van der Waals surface area (Å²) in [6.45, 7) is 3.29. The van der Waals surface area contributed by atoms with E-state index in [1.54, 1.807) is 0 Å². The SMILES string of the molecule is CNC1CCN(Cc2ccc(Br)c(Cl)c2)C1.Cl. The number of likely N-dealkylation sites (N-methyl/N-ethyl adjacent to an activating group) is 1. The molecule has 1 aliphatic rings. The molecule has 0 aromatic heterocycles. The van der Waals surface area contributed by atoms with Gasteiger partial charge < -0.3 is 5.32 Å². The van der Waals surface area contributed by atoms with Crippen molar-refractivity contribution in [3.8, 4) is 0 Å². The quantitative estimate of drug-likeness (QED) is 0.908. The van der Waals surface area contributed by atoms with Gasteiger partial charge in [0.05, 0.1) is 5.02 Å². The van der Waals surface area contributed by atoms with E-state index in [0.717, 1.165) is 22.6 Å². The summed E-state index contributed by atoms with van der Waals surface area (Å²) in [5, 5.41) is 4.12. The number of rotatable bonds is 3. The van der Waals surface area contributed by atoms with E-state index < -0.39 is 0 Å². The second-order valence-corrected chi connectivity index (χ2v) is 5.52. The summed E-state index contributed by atoms with van der Waals surface area (Å²) in [6.07, 6.45) is 1.24. The number of nitrogens with zero attached hydrogens (tertiary/aromatic N) is 1. The van der Waals surface area contributed by atoms with Crippen LogP contribution in [0.25, 0.3) is 0 Å². The molecule has 2 nitrogen and oxygen atoms in total. The Hall–Kier alpha value is 0.200. The average molecular weight is 340 g/mol. The standard InChI is InChI=1S/C12H16BrClN2.ClH/c1-15-10-4-5-16(8-10)7-9-2-3-11(13)12(14)6-9;/h2-3,6,10,15H,4-5,7-8H2,1H3;1H. The molecule has 0 aliphatic carbocycles. The highest BCUT2D eigenvalue weighted by Gasteiger charge is 2.20. The molecule has 1 aliphatic heterocycles. The molecule has 0 amide bonds. The van der Waals surface area contributed by atoms with Gasteiger partial charge in [-0.05, 0) is 47.1 Å². The molecule has 2 rings (SSSR count). The number of nitrogens with one attached hydrogen (secondary N) is 1. The highest BCUT2D eigenvalue weighted by molar-refractivity contribution is 9.10. The number of hydrogen-bond donors (Lipinski definition) is 1. The predicted octanol–water partition coefficient (Wildman–Crippen LogP) is 3.32. The highest BCUT2D eigenvalue weighted by atomic mass is 79.9. The van der Waals surface area contributed by atoms with Crippen molar-refractivity contribution in [2.75, 3.05) is 20.1 Å². The zero-order valence-corrected chi connectivity index (χ0v) is 12.9. The lowest BCUT2D eigenvalue weighted by Crippen LogP contribution is -2.29. The summed E-state index contributed by atoms with van der Waals surface area (Å²) >= 11 is 9.48. The van der Waals surface area contributed by atoms with E-state index in [9.17, 15) is 0 Å². The fourth-order valence-corrected chi connectivity index (χ4v) is 2.56. The first-order valence-electron chi connectivity index (χ1n) is 5.52. The lowest BCUT2D eigenvalue weighted by Gasteiger charge is -2.16. The van der Waals surface area contributed by atoms with Crippen molar-refractivity contribution in [2.24, 2.45) is 0 Å². The minimum absolute atomic E-state index is 0. The summed E-state index contributed by atoms with van der Waals surface area (Å²) in [5.41, 5.74) is 1.28. The Bertz CT molecular complexity index is 374. The Balaban J connectivity index is 0.00000144. The van der Waals surface area contributed by atoms with Gasteiger partial charge in [-0.2, -0.15) is 0 Å². The Morgan fingerprint density at radius 1 is 1.53 bits per heavy atom. The van der Waals surface area contributed by atoms with Crippen LogP contribution in [0, 0.1) is 0 Å². The summed E-state index contributed by atoms with van der Waals surface area (Å²) < 4.78 is 0.965. The highest BCUT2D eigenvalue weighted by Crippen LogP contribution is 2.24. The number of halogens is 3. The Labute approximate surface area is 122 Å². The molecule has 1 aromatic carbocycles. The monoisotopic (exact) mass is 338 g/mol. The van der Waals surface area contributed by atoms with Crippen LogP contribution in [-0.2, 0) is 6.54 Å². The summed E-state index contributed by atoms with van der Waals surface area (Å²) in [6, 6.07) is 6.83. The molecule has 5 heteroatoms.